The van der Waals surface area contributed by atoms with Crippen molar-refractivity contribution in [3.05, 3.63) is 28.2 Å². The van der Waals surface area contributed by atoms with Crippen molar-refractivity contribution in [3.8, 4) is 0 Å². The number of thiazole rings is 1. The number of ether oxygens (including phenoxy) is 1. The van der Waals surface area contributed by atoms with Crippen LogP contribution in [-0.4, -0.2) is 24.6 Å². The van der Waals surface area contributed by atoms with Crippen LogP contribution in [0.3, 0.4) is 0 Å². The number of carbonyl (C=O) groups excluding carboxylic acids is 1. The summed E-state index contributed by atoms with van der Waals surface area (Å²) < 4.78 is 4.66. The molecule has 0 aromatic carbocycles. The van der Waals surface area contributed by atoms with Crippen LogP contribution in [0.2, 0.25) is 0 Å². The Labute approximate surface area is 99.3 Å². The second kappa shape index (κ2) is 7.14. The molecule has 0 aliphatic heterocycles. The van der Waals surface area contributed by atoms with Crippen LogP contribution in [-0.2, 0) is 16.1 Å². The highest BCUT2D eigenvalue weighted by Gasteiger charge is 2.05. The van der Waals surface area contributed by atoms with E-state index in [0.29, 0.717) is 18.5 Å². The molecule has 1 heterocycles. The van der Waals surface area contributed by atoms with Gasteiger partial charge in [0.1, 0.15) is 0 Å². The number of esters is 1. The molecule has 0 bridgehead atoms. The van der Waals surface area contributed by atoms with Crippen molar-refractivity contribution in [1.29, 1.82) is 0 Å². The van der Waals surface area contributed by atoms with Gasteiger partial charge in [-0.15, -0.1) is 11.3 Å². The normalized spacial score (nSPS) is 11.5. The van der Waals surface area contributed by atoms with Gasteiger partial charge < -0.3 is 10.1 Å². The van der Waals surface area contributed by atoms with Gasteiger partial charge in [-0.3, -0.25) is 4.98 Å². The van der Waals surface area contributed by atoms with Crippen molar-refractivity contribution < 1.29 is 9.53 Å². The second-order valence-electron chi connectivity index (χ2n) is 3.17. The molecular formula is C11H16N2O2S. The third-order valence-corrected chi connectivity index (χ3v) is 2.88. The highest BCUT2D eigenvalue weighted by Crippen LogP contribution is 2.05. The van der Waals surface area contributed by atoms with E-state index in [1.54, 1.807) is 16.8 Å². The summed E-state index contributed by atoms with van der Waals surface area (Å²) in [6.45, 7) is 3.38. The molecule has 1 aromatic heterocycles. The number of nitrogens with one attached hydrogen (secondary N) is 1. The van der Waals surface area contributed by atoms with E-state index in [1.165, 1.54) is 12.0 Å². The van der Waals surface area contributed by atoms with E-state index >= 15 is 0 Å². The minimum Gasteiger partial charge on any atom is -0.466 e. The number of aromatic nitrogens is 1. The highest BCUT2D eigenvalue weighted by atomic mass is 32.1. The Kier molecular flexibility index (Phi) is 5.74. The van der Waals surface area contributed by atoms with Gasteiger partial charge in [0, 0.05) is 29.7 Å². The first-order valence-corrected chi connectivity index (χ1v) is 6.01. The summed E-state index contributed by atoms with van der Waals surface area (Å²) in [5, 5.41) is 3.22. The third kappa shape index (κ3) is 4.12. The van der Waals surface area contributed by atoms with E-state index in [0.717, 1.165) is 6.54 Å². The fraction of sp³-hybridized carbons (Fsp3) is 0.455. The lowest BCUT2D eigenvalue weighted by Crippen LogP contribution is -2.14. The zero-order chi connectivity index (χ0) is 11.8. The second-order valence-corrected chi connectivity index (χ2v) is 4.14. The molecule has 0 amide bonds. The van der Waals surface area contributed by atoms with Crippen molar-refractivity contribution in [2.75, 3.05) is 13.7 Å². The minimum atomic E-state index is -0.248. The van der Waals surface area contributed by atoms with E-state index in [2.05, 4.69) is 15.0 Å². The van der Waals surface area contributed by atoms with Crippen LogP contribution in [0, 0.1) is 0 Å². The van der Waals surface area contributed by atoms with Crippen molar-refractivity contribution in [3.63, 3.8) is 0 Å². The van der Waals surface area contributed by atoms with Gasteiger partial charge in [0.2, 0.25) is 0 Å². The van der Waals surface area contributed by atoms with Crippen LogP contribution in [0.15, 0.2) is 23.4 Å². The molecule has 1 rings (SSSR count). The highest BCUT2D eigenvalue weighted by molar-refractivity contribution is 7.09. The summed E-state index contributed by atoms with van der Waals surface area (Å²) in [6, 6.07) is 0. The van der Waals surface area contributed by atoms with Crippen LogP contribution in [0.25, 0.3) is 0 Å². The molecule has 5 heteroatoms. The number of nitrogens with zero attached hydrogens (tertiary/aromatic N) is 1. The van der Waals surface area contributed by atoms with Crippen LogP contribution >= 0.6 is 11.3 Å². The van der Waals surface area contributed by atoms with Crippen LogP contribution in [0.1, 0.15) is 18.2 Å². The van der Waals surface area contributed by atoms with Gasteiger partial charge in [0.15, 0.2) is 0 Å². The Morgan fingerprint density at radius 2 is 2.50 bits per heavy atom. The molecular weight excluding hydrogens is 224 g/mol. The number of hydrogen-bond donors (Lipinski definition) is 1. The maximum atomic E-state index is 11.2. The van der Waals surface area contributed by atoms with Gasteiger partial charge in [-0.25, -0.2) is 4.79 Å². The first kappa shape index (κ1) is 12.9. The summed E-state index contributed by atoms with van der Waals surface area (Å²) in [5.41, 5.74) is 2.51. The zero-order valence-electron chi connectivity index (χ0n) is 9.53. The summed E-state index contributed by atoms with van der Waals surface area (Å²) >= 11 is 1.61. The molecule has 0 saturated carbocycles. The summed E-state index contributed by atoms with van der Waals surface area (Å²) in [6.07, 6.45) is 4.39. The van der Waals surface area contributed by atoms with Crippen LogP contribution in [0.4, 0.5) is 0 Å². The summed E-state index contributed by atoms with van der Waals surface area (Å²) in [4.78, 5) is 16.4. The summed E-state index contributed by atoms with van der Waals surface area (Å²) in [7, 11) is 1.40. The van der Waals surface area contributed by atoms with Gasteiger partial charge >= 0.3 is 5.97 Å². The van der Waals surface area contributed by atoms with E-state index in [9.17, 15) is 4.79 Å². The molecule has 0 spiro atoms. The Balaban J connectivity index is 2.32. The molecule has 0 radical (unpaired) electrons. The Morgan fingerprint density at radius 1 is 1.69 bits per heavy atom. The average Bonchev–Trinajstić information content (AvgIpc) is 2.81. The van der Waals surface area contributed by atoms with Crippen LogP contribution < -0.4 is 5.32 Å². The quantitative estimate of drug-likeness (QED) is 0.467. The molecule has 88 valence electrons. The summed E-state index contributed by atoms with van der Waals surface area (Å²) in [5.74, 6) is -0.248. The van der Waals surface area contributed by atoms with Crippen molar-refractivity contribution >= 4 is 17.3 Å². The fourth-order valence-electron chi connectivity index (χ4n) is 1.22. The standard InChI is InChI=1S/C11H16N2O2S/c1-3-9(11(14)15-2)4-5-12-6-10-7-13-8-16-10/h4,7-8,12H,3,5-6H2,1-2H3. The number of carbonyl (C=O) groups is 1. The Hall–Kier alpha value is -1.20. The van der Waals surface area contributed by atoms with Crippen molar-refractivity contribution in [2.45, 2.75) is 19.9 Å². The van der Waals surface area contributed by atoms with Crippen molar-refractivity contribution in [2.24, 2.45) is 0 Å². The number of hydrogen-bond acceptors (Lipinski definition) is 5. The molecule has 0 fully saturated rings. The molecule has 0 unspecified atom stereocenters. The topological polar surface area (TPSA) is 51.2 Å². The van der Waals surface area contributed by atoms with E-state index in [-0.39, 0.29) is 5.97 Å². The Morgan fingerprint density at radius 3 is 3.06 bits per heavy atom. The molecule has 16 heavy (non-hydrogen) atoms. The fourth-order valence-corrected chi connectivity index (χ4v) is 1.79. The lowest BCUT2D eigenvalue weighted by Gasteiger charge is -2.03. The van der Waals surface area contributed by atoms with Gasteiger partial charge in [-0.05, 0) is 6.42 Å². The van der Waals surface area contributed by atoms with Crippen LogP contribution in [0.5, 0.6) is 0 Å². The van der Waals surface area contributed by atoms with E-state index < -0.39 is 0 Å². The van der Waals surface area contributed by atoms with Gasteiger partial charge in [-0.1, -0.05) is 13.0 Å². The molecule has 1 N–H and O–H groups in total. The van der Waals surface area contributed by atoms with Gasteiger partial charge in [0.05, 0.1) is 12.6 Å². The smallest absolute Gasteiger partial charge is 0.333 e. The molecule has 0 aliphatic carbocycles. The maximum absolute atomic E-state index is 11.2. The monoisotopic (exact) mass is 240 g/mol. The van der Waals surface area contributed by atoms with Gasteiger partial charge in [0.25, 0.3) is 0 Å². The lowest BCUT2D eigenvalue weighted by atomic mass is 10.2. The SMILES string of the molecule is CCC(=CCNCc1cncs1)C(=O)OC. The minimum absolute atomic E-state index is 0.248. The number of methoxy groups -OCH3 is 1. The first-order valence-electron chi connectivity index (χ1n) is 5.13. The predicted octanol–water partition coefficient (Wildman–Crippen LogP) is 1.74. The molecule has 0 aliphatic rings. The van der Waals surface area contributed by atoms with Crippen molar-refractivity contribution in [1.82, 2.24) is 10.3 Å². The molecule has 0 saturated heterocycles. The molecule has 4 nitrogen and oxygen atoms in total. The molecule has 0 atom stereocenters. The predicted molar refractivity (Wildman–Crippen MR) is 64.2 cm³/mol. The van der Waals surface area contributed by atoms with E-state index in [4.69, 9.17) is 0 Å². The third-order valence-electron chi connectivity index (χ3n) is 2.10. The lowest BCUT2D eigenvalue weighted by molar-refractivity contribution is -0.136. The molecule has 1 aromatic rings. The van der Waals surface area contributed by atoms with Gasteiger partial charge in [-0.2, -0.15) is 0 Å². The van der Waals surface area contributed by atoms with E-state index in [1.807, 2.05) is 19.2 Å². The zero-order valence-corrected chi connectivity index (χ0v) is 10.3. The maximum Gasteiger partial charge on any atom is 0.333 e. The largest absolute Gasteiger partial charge is 0.466 e. The first-order chi connectivity index (χ1) is 7.77. The Bertz CT molecular complexity index is 347. The number of rotatable bonds is 6. The average molecular weight is 240 g/mol.